The molecule has 1 heterocycles. The fourth-order valence-electron chi connectivity index (χ4n) is 3.18. The van der Waals surface area contributed by atoms with Crippen LogP contribution in [0.3, 0.4) is 0 Å². The van der Waals surface area contributed by atoms with Gasteiger partial charge >= 0.3 is 6.03 Å². The van der Waals surface area contributed by atoms with E-state index in [4.69, 9.17) is 0 Å². The molecule has 1 aliphatic heterocycles. The van der Waals surface area contributed by atoms with E-state index in [1.807, 2.05) is 0 Å². The molecule has 0 spiro atoms. The van der Waals surface area contributed by atoms with Gasteiger partial charge in [0.1, 0.15) is 5.69 Å². The lowest BCUT2D eigenvalue weighted by Crippen LogP contribution is -2.33. The lowest BCUT2D eigenvalue weighted by molar-refractivity contribution is -0.384. The van der Waals surface area contributed by atoms with Gasteiger partial charge in [-0.3, -0.25) is 24.6 Å². The number of benzene rings is 2. The molecule has 0 aromatic heterocycles. The molecule has 0 radical (unpaired) electrons. The zero-order valence-electron chi connectivity index (χ0n) is 17.5. The zero-order chi connectivity index (χ0) is 24.2. The lowest BCUT2D eigenvalue weighted by atomic mass is 10.1. The monoisotopic (exact) mass is 475 g/mol. The minimum Gasteiger partial charge on any atom is -0.378 e. The summed E-state index contributed by atoms with van der Waals surface area (Å²) >= 11 is 0. The molecule has 1 fully saturated rings. The van der Waals surface area contributed by atoms with Crippen molar-refractivity contribution in [2.75, 3.05) is 31.2 Å². The van der Waals surface area contributed by atoms with E-state index in [0.717, 1.165) is 17.2 Å². The molecule has 13 heteroatoms. The molecule has 4 amide bonds. The minimum atomic E-state index is -3.60. The second-order valence-electron chi connectivity index (χ2n) is 7.19. The SMILES string of the molecule is CS(=O)(=O)c1ccc(NCCNC(=O)c2ccccc2CN2C(=O)CNC2=O)c([N+](=O)[O-])c1. The Kier molecular flexibility index (Phi) is 6.92. The van der Waals surface area contributed by atoms with Crippen LogP contribution in [0.15, 0.2) is 47.4 Å². The second-order valence-corrected chi connectivity index (χ2v) is 9.20. The van der Waals surface area contributed by atoms with Gasteiger partial charge in [-0.15, -0.1) is 0 Å². The quantitative estimate of drug-likeness (QED) is 0.208. The predicted octanol–water partition coefficient (Wildman–Crippen LogP) is 0.892. The molecule has 33 heavy (non-hydrogen) atoms. The fourth-order valence-corrected chi connectivity index (χ4v) is 3.82. The standard InChI is InChI=1S/C20H21N5O7S/c1-33(31,32)14-6-7-16(17(10-14)25(29)30)21-8-9-22-19(27)15-5-3-2-4-13(15)12-24-18(26)11-23-20(24)28/h2-7,10,21H,8-9,11-12H2,1H3,(H,22,27)(H,23,28). The maximum Gasteiger partial charge on any atom is 0.324 e. The van der Waals surface area contributed by atoms with Gasteiger partial charge < -0.3 is 16.0 Å². The molecular weight excluding hydrogens is 454 g/mol. The van der Waals surface area contributed by atoms with Gasteiger partial charge in [0, 0.05) is 31.0 Å². The van der Waals surface area contributed by atoms with E-state index in [9.17, 15) is 32.9 Å². The molecule has 0 unspecified atom stereocenters. The van der Waals surface area contributed by atoms with Crippen molar-refractivity contribution in [2.24, 2.45) is 0 Å². The van der Waals surface area contributed by atoms with Crippen LogP contribution in [0.4, 0.5) is 16.2 Å². The molecule has 1 aliphatic rings. The average molecular weight is 475 g/mol. The molecule has 3 rings (SSSR count). The Morgan fingerprint density at radius 2 is 1.91 bits per heavy atom. The third kappa shape index (κ3) is 5.63. The van der Waals surface area contributed by atoms with Crippen LogP contribution in [-0.2, 0) is 21.2 Å². The maximum atomic E-state index is 12.6. The number of nitro groups is 1. The van der Waals surface area contributed by atoms with Gasteiger partial charge in [0.15, 0.2) is 9.84 Å². The summed E-state index contributed by atoms with van der Waals surface area (Å²) in [6, 6.07) is 9.54. The van der Waals surface area contributed by atoms with Crippen molar-refractivity contribution in [1.82, 2.24) is 15.5 Å². The number of sulfone groups is 1. The molecule has 0 saturated carbocycles. The highest BCUT2D eigenvalue weighted by molar-refractivity contribution is 7.90. The molecule has 1 saturated heterocycles. The Balaban J connectivity index is 1.62. The van der Waals surface area contributed by atoms with Gasteiger partial charge in [-0.25, -0.2) is 13.2 Å². The number of nitro benzene ring substituents is 1. The molecule has 0 bridgehead atoms. The Hall–Kier alpha value is -4.00. The topological polar surface area (TPSA) is 168 Å². The number of nitrogens with one attached hydrogen (secondary N) is 3. The van der Waals surface area contributed by atoms with Crippen molar-refractivity contribution in [1.29, 1.82) is 0 Å². The highest BCUT2D eigenvalue weighted by Crippen LogP contribution is 2.27. The van der Waals surface area contributed by atoms with E-state index in [-0.39, 0.29) is 48.2 Å². The normalized spacial score (nSPS) is 13.5. The number of nitrogens with zero attached hydrogens (tertiary/aromatic N) is 2. The third-order valence-corrected chi connectivity index (χ3v) is 5.96. The van der Waals surface area contributed by atoms with Gasteiger partial charge in [0.25, 0.3) is 11.6 Å². The van der Waals surface area contributed by atoms with E-state index < -0.39 is 32.4 Å². The van der Waals surface area contributed by atoms with E-state index in [0.29, 0.717) is 5.56 Å². The number of rotatable bonds is 9. The van der Waals surface area contributed by atoms with Crippen molar-refractivity contribution >= 4 is 39.1 Å². The molecule has 3 N–H and O–H groups in total. The summed E-state index contributed by atoms with van der Waals surface area (Å²) < 4.78 is 23.3. The maximum absolute atomic E-state index is 12.6. The number of carbonyl (C=O) groups excluding carboxylic acids is 3. The Morgan fingerprint density at radius 1 is 1.18 bits per heavy atom. The first-order valence-electron chi connectivity index (χ1n) is 9.74. The van der Waals surface area contributed by atoms with Crippen molar-refractivity contribution < 1.29 is 27.7 Å². The van der Waals surface area contributed by atoms with Crippen LogP contribution in [0.5, 0.6) is 0 Å². The van der Waals surface area contributed by atoms with Crippen LogP contribution < -0.4 is 16.0 Å². The summed E-state index contributed by atoms with van der Waals surface area (Å²) in [5.74, 6) is -0.829. The number of carbonyl (C=O) groups is 3. The predicted molar refractivity (Wildman–Crippen MR) is 117 cm³/mol. The molecule has 2 aromatic rings. The molecule has 2 aromatic carbocycles. The molecular formula is C20H21N5O7S. The second kappa shape index (κ2) is 9.65. The lowest BCUT2D eigenvalue weighted by Gasteiger charge is -2.15. The number of imide groups is 1. The molecule has 12 nitrogen and oxygen atoms in total. The van der Waals surface area contributed by atoms with Crippen LogP contribution in [0.1, 0.15) is 15.9 Å². The first kappa shape index (κ1) is 23.7. The fraction of sp³-hybridized carbons (Fsp3) is 0.250. The largest absolute Gasteiger partial charge is 0.378 e. The van der Waals surface area contributed by atoms with E-state index >= 15 is 0 Å². The number of hydrogen-bond acceptors (Lipinski definition) is 8. The molecule has 0 atom stereocenters. The van der Waals surface area contributed by atoms with E-state index in [1.165, 1.54) is 12.1 Å². The van der Waals surface area contributed by atoms with Crippen LogP contribution >= 0.6 is 0 Å². The van der Waals surface area contributed by atoms with Crippen LogP contribution in [0.25, 0.3) is 0 Å². The van der Waals surface area contributed by atoms with Gasteiger partial charge in [0.2, 0.25) is 5.91 Å². The van der Waals surface area contributed by atoms with Crippen molar-refractivity contribution in [3.05, 3.63) is 63.7 Å². The van der Waals surface area contributed by atoms with Crippen molar-refractivity contribution in [2.45, 2.75) is 11.4 Å². The zero-order valence-corrected chi connectivity index (χ0v) is 18.3. The Labute approximate surface area is 189 Å². The first-order chi connectivity index (χ1) is 15.6. The minimum absolute atomic E-state index is 0.0502. The smallest absolute Gasteiger partial charge is 0.324 e. The van der Waals surface area contributed by atoms with Gasteiger partial charge in [0.05, 0.1) is 22.9 Å². The first-order valence-corrected chi connectivity index (χ1v) is 11.6. The summed E-state index contributed by atoms with van der Waals surface area (Å²) in [4.78, 5) is 47.7. The van der Waals surface area contributed by atoms with E-state index in [1.54, 1.807) is 24.3 Å². The van der Waals surface area contributed by atoms with Gasteiger partial charge in [-0.1, -0.05) is 18.2 Å². The average Bonchev–Trinajstić information content (AvgIpc) is 3.08. The molecule has 174 valence electrons. The number of amides is 4. The van der Waals surface area contributed by atoms with Crippen molar-refractivity contribution in [3.63, 3.8) is 0 Å². The number of anilines is 1. The summed E-state index contributed by atoms with van der Waals surface area (Å²) in [5, 5.41) is 19.2. The van der Waals surface area contributed by atoms with Crippen molar-refractivity contribution in [3.8, 4) is 0 Å². The highest BCUT2D eigenvalue weighted by atomic mass is 32.2. The number of urea groups is 1. The van der Waals surface area contributed by atoms with E-state index in [2.05, 4.69) is 16.0 Å². The van der Waals surface area contributed by atoms with Gasteiger partial charge in [-0.05, 0) is 23.8 Å². The molecule has 0 aliphatic carbocycles. The van der Waals surface area contributed by atoms with Crippen LogP contribution in [0.2, 0.25) is 0 Å². The van der Waals surface area contributed by atoms with Crippen LogP contribution in [0, 0.1) is 10.1 Å². The van der Waals surface area contributed by atoms with Gasteiger partial charge in [-0.2, -0.15) is 0 Å². The Morgan fingerprint density at radius 3 is 2.55 bits per heavy atom. The highest BCUT2D eigenvalue weighted by Gasteiger charge is 2.29. The summed E-state index contributed by atoms with van der Waals surface area (Å²) in [5.41, 5.74) is 0.484. The third-order valence-electron chi connectivity index (χ3n) is 4.85. The number of hydrogen-bond donors (Lipinski definition) is 3. The van der Waals surface area contributed by atoms with Crippen LogP contribution in [-0.4, -0.2) is 62.0 Å². The Bertz CT molecular complexity index is 1210. The summed E-state index contributed by atoms with van der Waals surface area (Å²) in [6.07, 6.45) is 0.957. The summed E-state index contributed by atoms with van der Waals surface area (Å²) in [7, 11) is -3.60. The summed E-state index contributed by atoms with van der Waals surface area (Å²) in [6.45, 7) is 0.0861.